The molecule has 18 heavy (non-hydrogen) atoms. The minimum Gasteiger partial charge on any atom is -0.872 e. The van der Waals surface area contributed by atoms with Gasteiger partial charge in [-0.15, -0.1) is 0 Å². The standard InChI is InChI=1S/C7H6O3.C5H13NO.Mg/c8-6-4-2-1-3-5(6)7(9)10;1-6(2,3)4-5-7;/h1-4,8H,(H,9,10);4-5H2,1-3H3;/q;;+2/p-2. The zero-order valence-electron chi connectivity index (χ0n) is 11.0. The molecule has 0 fully saturated rings. The second-order valence-electron chi connectivity index (χ2n) is 4.50. The monoisotopic (exact) mass is 263 g/mol. The number of carbonyl (C=O) groups is 1. The van der Waals surface area contributed by atoms with Gasteiger partial charge >= 0.3 is 23.1 Å². The van der Waals surface area contributed by atoms with Crippen LogP contribution in [0.1, 0.15) is 10.4 Å². The van der Waals surface area contributed by atoms with Crippen molar-refractivity contribution in [2.45, 2.75) is 0 Å². The van der Waals surface area contributed by atoms with E-state index in [0.29, 0.717) is 0 Å². The molecule has 1 aromatic carbocycles. The maximum absolute atomic E-state index is 10.6. The van der Waals surface area contributed by atoms with Gasteiger partial charge in [0.15, 0.2) is 0 Å². The van der Waals surface area contributed by atoms with Crippen LogP contribution in [0.4, 0.5) is 0 Å². The third-order valence-electron chi connectivity index (χ3n) is 1.87. The Labute approximate surface area is 123 Å². The van der Waals surface area contributed by atoms with Gasteiger partial charge in [-0.3, -0.25) is 0 Å². The summed E-state index contributed by atoms with van der Waals surface area (Å²) in [5.41, 5.74) is -0.289. The molecule has 0 bridgehead atoms. The van der Waals surface area contributed by atoms with E-state index < -0.39 is 11.7 Å². The van der Waals surface area contributed by atoms with Crippen LogP contribution in [0.5, 0.6) is 5.75 Å². The second kappa shape index (κ2) is 9.15. The number of hydrogen-bond donors (Lipinski definition) is 0. The summed E-state index contributed by atoms with van der Waals surface area (Å²) in [4.78, 5) is 10.1. The van der Waals surface area contributed by atoms with Crippen LogP contribution in [0.2, 0.25) is 0 Å². The van der Waals surface area contributed by atoms with Gasteiger partial charge in [-0.1, -0.05) is 36.6 Å². The summed E-state index contributed by atoms with van der Waals surface area (Å²) in [7, 11) is 6.04. The molecule has 0 aliphatic heterocycles. The number of benzene rings is 1. The molecule has 0 heterocycles. The van der Waals surface area contributed by atoms with Crippen LogP contribution in [0.3, 0.4) is 0 Å². The van der Waals surface area contributed by atoms with Gasteiger partial charge in [-0.05, 0) is 5.56 Å². The zero-order valence-corrected chi connectivity index (χ0v) is 12.4. The molecule has 0 unspecified atom stereocenters. The molecular formula is C12H17MgNO4. The average molecular weight is 264 g/mol. The van der Waals surface area contributed by atoms with Gasteiger partial charge in [-0.25, -0.2) is 0 Å². The Morgan fingerprint density at radius 3 is 1.94 bits per heavy atom. The van der Waals surface area contributed by atoms with Crippen LogP contribution in [0, 0.1) is 0 Å². The van der Waals surface area contributed by atoms with Crippen molar-refractivity contribution in [1.82, 2.24) is 0 Å². The molecule has 0 saturated carbocycles. The summed E-state index contributed by atoms with van der Waals surface area (Å²) in [5, 5.41) is 30.7. The Bertz CT molecular complexity index is 363. The molecule has 5 nitrogen and oxygen atoms in total. The smallest absolute Gasteiger partial charge is 0.872 e. The van der Waals surface area contributed by atoms with Crippen LogP contribution < -0.4 is 15.3 Å². The fourth-order valence-corrected chi connectivity index (χ4v) is 0.909. The van der Waals surface area contributed by atoms with Crippen LogP contribution >= 0.6 is 0 Å². The minimum absolute atomic E-state index is 0. The largest absolute Gasteiger partial charge is 2.00 e. The maximum atomic E-state index is 10.6. The molecule has 0 amide bonds. The first-order chi connectivity index (χ1) is 7.78. The van der Waals surface area contributed by atoms with Crippen LogP contribution in [-0.2, 0) is 0 Å². The average Bonchev–Trinajstić information content (AvgIpc) is 2.16. The fraction of sp³-hybridized carbons (Fsp3) is 0.417. The Balaban J connectivity index is 0. The molecule has 0 aliphatic rings. The number of carboxylic acid groups (broad SMARTS) is 1. The van der Waals surface area contributed by atoms with Gasteiger partial charge in [0, 0.05) is 0 Å². The third kappa shape index (κ3) is 9.23. The summed E-state index contributed by atoms with van der Waals surface area (Å²) in [5.74, 6) is -1.94. The number of nitrogens with zero attached hydrogens (tertiary/aromatic N) is 1. The summed E-state index contributed by atoms with van der Waals surface area (Å²) < 4.78 is 0.781. The van der Waals surface area contributed by atoms with E-state index >= 15 is 0 Å². The molecule has 0 N–H and O–H groups in total. The first-order valence-electron chi connectivity index (χ1n) is 5.14. The number of aromatic carboxylic acids is 1. The van der Waals surface area contributed by atoms with Crippen molar-refractivity contribution in [3.8, 4) is 5.75 Å². The maximum Gasteiger partial charge on any atom is 2.00 e. The zero-order chi connectivity index (χ0) is 13.5. The Morgan fingerprint density at radius 1 is 1.22 bits per heavy atom. The van der Waals surface area contributed by atoms with E-state index in [2.05, 4.69) is 0 Å². The number of rotatable bonds is 3. The van der Waals surface area contributed by atoms with E-state index in [1.165, 1.54) is 24.3 Å². The molecule has 1 rings (SSSR count). The van der Waals surface area contributed by atoms with Gasteiger partial charge in [0.1, 0.15) is 0 Å². The van der Waals surface area contributed by atoms with Gasteiger partial charge in [0.25, 0.3) is 0 Å². The van der Waals surface area contributed by atoms with E-state index in [0.717, 1.165) is 11.0 Å². The molecule has 0 aromatic heterocycles. The van der Waals surface area contributed by atoms with E-state index in [-0.39, 0.29) is 35.2 Å². The first-order valence-corrected chi connectivity index (χ1v) is 5.14. The number of para-hydroxylation sites is 1. The predicted molar refractivity (Wildman–Crippen MR) is 63.7 cm³/mol. The van der Waals surface area contributed by atoms with Crippen molar-refractivity contribution in [2.24, 2.45) is 0 Å². The molecule has 96 valence electrons. The normalized spacial score (nSPS) is 9.78. The number of hydrogen-bond acceptors (Lipinski definition) is 4. The summed E-state index contributed by atoms with van der Waals surface area (Å²) in [6.07, 6.45) is 0. The van der Waals surface area contributed by atoms with E-state index in [9.17, 15) is 20.1 Å². The third-order valence-corrected chi connectivity index (χ3v) is 1.87. The van der Waals surface area contributed by atoms with Gasteiger partial charge in [0.2, 0.25) is 0 Å². The molecule has 0 spiro atoms. The van der Waals surface area contributed by atoms with Gasteiger partial charge in [-0.2, -0.15) is 0 Å². The topological polar surface area (TPSA) is 86.2 Å². The van der Waals surface area contributed by atoms with Crippen LogP contribution in [0.15, 0.2) is 24.3 Å². The van der Waals surface area contributed by atoms with Crippen LogP contribution in [-0.4, -0.2) is 67.8 Å². The molecule has 0 aliphatic carbocycles. The first kappa shape index (κ1) is 19.5. The van der Waals surface area contributed by atoms with Crippen molar-refractivity contribution in [3.63, 3.8) is 0 Å². The number of likely N-dealkylation sites (N-methyl/N-ethyl adjacent to an activating group) is 1. The predicted octanol–water partition coefficient (Wildman–Crippen LogP) is -2.20. The quantitative estimate of drug-likeness (QED) is 0.457. The summed E-state index contributed by atoms with van der Waals surface area (Å²) in [6.45, 7) is 0.753. The van der Waals surface area contributed by atoms with Crippen molar-refractivity contribution in [1.29, 1.82) is 0 Å². The fourth-order valence-electron chi connectivity index (χ4n) is 0.909. The molecule has 0 saturated heterocycles. The minimum atomic E-state index is -1.43. The van der Waals surface area contributed by atoms with Crippen LogP contribution in [0.25, 0.3) is 0 Å². The Morgan fingerprint density at radius 2 is 1.72 bits per heavy atom. The van der Waals surface area contributed by atoms with E-state index in [1.54, 1.807) is 0 Å². The van der Waals surface area contributed by atoms with Gasteiger partial charge in [0.05, 0.1) is 33.7 Å². The molecular weight excluding hydrogens is 246 g/mol. The Hall–Kier alpha value is -0.824. The second-order valence-corrected chi connectivity index (χ2v) is 4.50. The molecule has 0 radical (unpaired) electrons. The molecule has 0 atom stereocenters. The molecule has 1 aromatic rings. The molecule has 6 heteroatoms. The number of quaternary nitrogens is 1. The SMILES string of the molecule is C[N+](C)(C)CC[O-].O=C([O-])c1ccccc1[O-].[Mg+2]. The Kier molecular flexibility index (Phi) is 9.92. The summed E-state index contributed by atoms with van der Waals surface area (Å²) in [6, 6.07) is 5.37. The summed E-state index contributed by atoms with van der Waals surface area (Å²) >= 11 is 0. The van der Waals surface area contributed by atoms with Crippen molar-refractivity contribution < 1.29 is 24.6 Å². The van der Waals surface area contributed by atoms with Crippen molar-refractivity contribution >= 4 is 29.0 Å². The van der Waals surface area contributed by atoms with E-state index in [4.69, 9.17) is 0 Å². The van der Waals surface area contributed by atoms with Crippen molar-refractivity contribution in [2.75, 3.05) is 34.3 Å². The number of carboxylic acids is 1. The van der Waals surface area contributed by atoms with Gasteiger partial charge < -0.3 is 24.6 Å². The van der Waals surface area contributed by atoms with E-state index in [1.807, 2.05) is 21.1 Å². The van der Waals surface area contributed by atoms with Crippen molar-refractivity contribution in [3.05, 3.63) is 29.8 Å². The number of carbonyl (C=O) groups excluding carboxylic acids is 1.